The average Bonchev–Trinajstić information content (AvgIpc) is 1.98. The highest BCUT2D eigenvalue weighted by Crippen LogP contribution is 1.94. The van der Waals surface area contributed by atoms with E-state index in [9.17, 15) is 4.79 Å². The Morgan fingerprint density at radius 3 is 2.25 bits per heavy atom. The van der Waals surface area contributed by atoms with Gasteiger partial charge in [0.15, 0.2) is 0 Å². The van der Waals surface area contributed by atoms with E-state index in [0.29, 0.717) is 6.54 Å². The van der Waals surface area contributed by atoms with Crippen LogP contribution in [0.15, 0.2) is 0 Å². The van der Waals surface area contributed by atoms with Crippen LogP contribution < -0.4 is 5.73 Å². The molecule has 0 bridgehead atoms. The Morgan fingerprint density at radius 2 is 1.92 bits per heavy atom. The van der Waals surface area contributed by atoms with Gasteiger partial charge in [0.2, 0.25) is 0 Å². The summed E-state index contributed by atoms with van der Waals surface area (Å²) in [6.45, 7) is 2.66. The summed E-state index contributed by atoms with van der Waals surface area (Å²) in [6, 6.07) is 0.179. The minimum absolute atomic E-state index is 0.0238. The maximum Gasteiger partial charge on any atom is 0.319 e. The summed E-state index contributed by atoms with van der Waals surface area (Å²) in [5.74, 6) is 0. The van der Waals surface area contributed by atoms with E-state index in [2.05, 4.69) is 0 Å². The zero-order valence-electron chi connectivity index (χ0n) is 8.37. The molecule has 1 unspecified atom stereocenters. The summed E-state index contributed by atoms with van der Waals surface area (Å²) < 4.78 is 0. The van der Waals surface area contributed by atoms with Crippen LogP contribution in [-0.4, -0.2) is 49.6 Å². The number of hydrogen-bond acceptors (Lipinski definition) is 2. The van der Waals surface area contributed by atoms with E-state index < -0.39 is 0 Å². The smallest absolute Gasteiger partial charge is 0.319 e. The minimum atomic E-state index is 0.0238. The second-order valence-electron chi connectivity index (χ2n) is 3.36. The first-order valence-corrected chi connectivity index (χ1v) is 4.13. The number of urea groups is 1. The minimum Gasteiger partial charge on any atom is -0.331 e. The second kappa shape index (κ2) is 4.98. The van der Waals surface area contributed by atoms with Crippen molar-refractivity contribution in [2.45, 2.75) is 19.4 Å². The zero-order chi connectivity index (χ0) is 9.72. The van der Waals surface area contributed by atoms with Gasteiger partial charge in [0.05, 0.1) is 0 Å². The Balaban J connectivity index is 3.72. The Morgan fingerprint density at radius 1 is 1.42 bits per heavy atom. The van der Waals surface area contributed by atoms with Crippen LogP contribution >= 0.6 is 0 Å². The maximum atomic E-state index is 11.3. The molecule has 0 fully saturated rings. The Hall–Kier alpha value is -0.770. The summed E-state index contributed by atoms with van der Waals surface area (Å²) in [7, 11) is 5.26. The predicted octanol–water partition coefficient (Wildman–Crippen LogP) is 0.337. The topological polar surface area (TPSA) is 49.6 Å². The molecule has 0 radical (unpaired) electrons. The molecular weight excluding hydrogens is 154 g/mol. The molecule has 0 saturated carbocycles. The van der Waals surface area contributed by atoms with E-state index in [1.54, 1.807) is 30.9 Å². The highest BCUT2D eigenvalue weighted by Gasteiger charge is 2.09. The molecule has 0 spiro atoms. The quantitative estimate of drug-likeness (QED) is 0.669. The fourth-order valence-corrected chi connectivity index (χ4v) is 0.834. The van der Waals surface area contributed by atoms with Gasteiger partial charge in [-0.05, 0) is 13.3 Å². The predicted molar refractivity (Wildman–Crippen MR) is 50.0 cm³/mol. The van der Waals surface area contributed by atoms with Crippen molar-refractivity contribution in [2.24, 2.45) is 5.73 Å². The molecular formula is C8H19N3O. The lowest BCUT2D eigenvalue weighted by Crippen LogP contribution is -2.38. The van der Waals surface area contributed by atoms with Crippen molar-refractivity contribution >= 4 is 6.03 Å². The van der Waals surface area contributed by atoms with Gasteiger partial charge in [-0.15, -0.1) is 0 Å². The molecule has 0 rings (SSSR count). The molecule has 4 nitrogen and oxygen atoms in total. The Bertz CT molecular complexity index is 145. The third kappa shape index (κ3) is 4.18. The average molecular weight is 173 g/mol. The van der Waals surface area contributed by atoms with E-state index in [1.165, 1.54) is 0 Å². The van der Waals surface area contributed by atoms with Crippen LogP contribution in [0.25, 0.3) is 0 Å². The van der Waals surface area contributed by atoms with Crippen molar-refractivity contribution < 1.29 is 4.79 Å². The molecule has 0 heterocycles. The van der Waals surface area contributed by atoms with Crippen molar-refractivity contribution in [3.8, 4) is 0 Å². The number of rotatable bonds is 3. The summed E-state index contributed by atoms with van der Waals surface area (Å²) in [6.07, 6.45) is 0.843. The van der Waals surface area contributed by atoms with Crippen LogP contribution in [-0.2, 0) is 0 Å². The number of amides is 2. The fourth-order valence-electron chi connectivity index (χ4n) is 0.834. The molecule has 0 aromatic carbocycles. The first kappa shape index (κ1) is 11.2. The number of carbonyl (C=O) groups excluding carboxylic acids is 1. The molecule has 1 atom stereocenters. The van der Waals surface area contributed by atoms with Gasteiger partial charge in [0, 0.05) is 33.7 Å². The van der Waals surface area contributed by atoms with Gasteiger partial charge < -0.3 is 15.5 Å². The third-order valence-electron chi connectivity index (χ3n) is 1.63. The summed E-state index contributed by atoms with van der Waals surface area (Å²) >= 11 is 0. The largest absolute Gasteiger partial charge is 0.331 e. The Kier molecular flexibility index (Phi) is 4.66. The highest BCUT2D eigenvalue weighted by molar-refractivity contribution is 5.73. The van der Waals surface area contributed by atoms with Gasteiger partial charge in [-0.3, -0.25) is 0 Å². The standard InChI is InChI=1S/C8H19N3O/c1-7(9)5-6-11(4)8(12)10(2)3/h7H,5-6,9H2,1-4H3. The van der Waals surface area contributed by atoms with Crippen LogP contribution in [0.3, 0.4) is 0 Å². The van der Waals surface area contributed by atoms with Gasteiger partial charge in [-0.1, -0.05) is 0 Å². The maximum absolute atomic E-state index is 11.3. The molecule has 72 valence electrons. The van der Waals surface area contributed by atoms with Crippen LogP contribution in [0.2, 0.25) is 0 Å². The molecule has 0 aromatic rings. The fraction of sp³-hybridized carbons (Fsp3) is 0.875. The highest BCUT2D eigenvalue weighted by atomic mass is 16.2. The van der Waals surface area contributed by atoms with E-state index in [1.807, 2.05) is 6.92 Å². The van der Waals surface area contributed by atoms with Crippen molar-refractivity contribution in [2.75, 3.05) is 27.7 Å². The summed E-state index contributed by atoms with van der Waals surface area (Å²) in [5.41, 5.74) is 5.57. The number of nitrogens with two attached hydrogens (primary N) is 1. The van der Waals surface area contributed by atoms with Crippen LogP contribution in [0.1, 0.15) is 13.3 Å². The van der Waals surface area contributed by atoms with Crippen molar-refractivity contribution in [3.63, 3.8) is 0 Å². The molecule has 4 heteroatoms. The van der Waals surface area contributed by atoms with Crippen LogP contribution in [0, 0.1) is 0 Å². The van der Waals surface area contributed by atoms with Gasteiger partial charge in [0.1, 0.15) is 0 Å². The lowest BCUT2D eigenvalue weighted by molar-refractivity contribution is 0.181. The molecule has 0 aliphatic heterocycles. The Labute approximate surface area is 74.3 Å². The molecule has 0 aliphatic rings. The SMILES string of the molecule is CC(N)CCN(C)C(=O)N(C)C. The van der Waals surface area contributed by atoms with Gasteiger partial charge >= 0.3 is 6.03 Å². The summed E-state index contributed by atoms with van der Waals surface area (Å²) in [5, 5.41) is 0. The van der Waals surface area contributed by atoms with Gasteiger partial charge in [-0.2, -0.15) is 0 Å². The molecule has 0 aromatic heterocycles. The van der Waals surface area contributed by atoms with Crippen molar-refractivity contribution in [3.05, 3.63) is 0 Å². The molecule has 2 N–H and O–H groups in total. The van der Waals surface area contributed by atoms with E-state index in [0.717, 1.165) is 6.42 Å². The monoisotopic (exact) mass is 173 g/mol. The lowest BCUT2D eigenvalue weighted by atomic mass is 10.2. The second-order valence-corrected chi connectivity index (χ2v) is 3.36. The lowest BCUT2D eigenvalue weighted by Gasteiger charge is -2.22. The van der Waals surface area contributed by atoms with Gasteiger partial charge in [0.25, 0.3) is 0 Å². The molecule has 0 aliphatic carbocycles. The first-order valence-electron chi connectivity index (χ1n) is 4.13. The molecule has 0 saturated heterocycles. The third-order valence-corrected chi connectivity index (χ3v) is 1.63. The van der Waals surface area contributed by atoms with E-state index >= 15 is 0 Å². The van der Waals surface area contributed by atoms with E-state index in [4.69, 9.17) is 5.73 Å². The van der Waals surface area contributed by atoms with Crippen molar-refractivity contribution in [1.29, 1.82) is 0 Å². The molecule has 2 amide bonds. The first-order chi connectivity index (χ1) is 5.45. The van der Waals surface area contributed by atoms with Crippen molar-refractivity contribution in [1.82, 2.24) is 9.80 Å². The van der Waals surface area contributed by atoms with E-state index in [-0.39, 0.29) is 12.1 Å². The van der Waals surface area contributed by atoms with Gasteiger partial charge in [-0.25, -0.2) is 4.79 Å². The number of hydrogen-bond donors (Lipinski definition) is 1. The number of nitrogens with zero attached hydrogens (tertiary/aromatic N) is 2. The van der Waals surface area contributed by atoms with Crippen LogP contribution in [0.4, 0.5) is 4.79 Å². The zero-order valence-corrected chi connectivity index (χ0v) is 8.37. The summed E-state index contributed by atoms with van der Waals surface area (Å²) in [4.78, 5) is 14.5. The van der Waals surface area contributed by atoms with Crippen LogP contribution in [0.5, 0.6) is 0 Å². The molecule has 12 heavy (non-hydrogen) atoms. The number of carbonyl (C=O) groups is 1. The normalized spacial score (nSPS) is 12.4.